The van der Waals surface area contributed by atoms with Crippen molar-refractivity contribution < 1.29 is 0 Å². The Labute approximate surface area is 134 Å². The van der Waals surface area contributed by atoms with Gasteiger partial charge in [0, 0.05) is 6.04 Å². The SMILES string of the molecule is CC(Nc1cccc(Cl)c1Cl)c1cccc2ccccc12. The number of nitrogens with one attached hydrogen (secondary N) is 1. The highest BCUT2D eigenvalue weighted by Crippen LogP contribution is 2.33. The third-order valence-electron chi connectivity index (χ3n) is 3.61. The van der Waals surface area contributed by atoms with E-state index >= 15 is 0 Å². The molecule has 3 aromatic carbocycles. The lowest BCUT2D eigenvalue weighted by molar-refractivity contribution is 0.895. The molecule has 0 heterocycles. The van der Waals surface area contributed by atoms with Crippen molar-refractivity contribution in [1.29, 1.82) is 0 Å². The van der Waals surface area contributed by atoms with Gasteiger partial charge in [0.1, 0.15) is 0 Å². The first kappa shape index (κ1) is 14.2. The van der Waals surface area contributed by atoms with Crippen molar-refractivity contribution in [2.24, 2.45) is 0 Å². The molecule has 0 radical (unpaired) electrons. The zero-order valence-electron chi connectivity index (χ0n) is 11.6. The molecule has 0 aliphatic rings. The average molecular weight is 316 g/mol. The van der Waals surface area contributed by atoms with Crippen LogP contribution in [0, 0.1) is 0 Å². The molecule has 1 nitrogen and oxygen atoms in total. The summed E-state index contributed by atoms with van der Waals surface area (Å²) in [6.45, 7) is 2.12. The van der Waals surface area contributed by atoms with Crippen LogP contribution in [0.1, 0.15) is 18.5 Å². The molecular formula is C18H15Cl2N. The van der Waals surface area contributed by atoms with Crippen molar-refractivity contribution in [2.75, 3.05) is 5.32 Å². The number of fused-ring (bicyclic) bond motifs is 1. The van der Waals surface area contributed by atoms with Crippen LogP contribution in [-0.4, -0.2) is 0 Å². The quantitative estimate of drug-likeness (QED) is 0.596. The van der Waals surface area contributed by atoms with Gasteiger partial charge < -0.3 is 5.32 Å². The van der Waals surface area contributed by atoms with E-state index in [2.05, 4.69) is 54.7 Å². The second-order valence-electron chi connectivity index (χ2n) is 5.04. The number of hydrogen-bond acceptors (Lipinski definition) is 1. The topological polar surface area (TPSA) is 12.0 Å². The van der Waals surface area contributed by atoms with Crippen LogP contribution in [0.3, 0.4) is 0 Å². The second-order valence-corrected chi connectivity index (χ2v) is 5.82. The Bertz CT molecular complexity index is 778. The van der Waals surface area contributed by atoms with E-state index in [1.807, 2.05) is 12.1 Å². The fourth-order valence-electron chi connectivity index (χ4n) is 2.55. The third-order valence-corrected chi connectivity index (χ3v) is 4.43. The van der Waals surface area contributed by atoms with Gasteiger partial charge in [0.15, 0.2) is 0 Å². The molecule has 21 heavy (non-hydrogen) atoms. The number of anilines is 1. The summed E-state index contributed by atoms with van der Waals surface area (Å²) in [5.41, 5.74) is 2.09. The normalized spacial score (nSPS) is 12.3. The van der Waals surface area contributed by atoms with Gasteiger partial charge in [0.25, 0.3) is 0 Å². The van der Waals surface area contributed by atoms with E-state index in [4.69, 9.17) is 23.2 Å². The molecule has 106 valence electrons. The van der Waals surface area contributed by atoms with Gasteiger partial charge in [0.05, 0.1) is 15.7 Å². The minimum Gasteiger partial charge on any atom is -0.377 e. The van der Waals surface area contributed by atoms with Crippen LogP contribution in [0.15, 0.2) is 60.7 Å². The summed E-state index contributed by atoms with van der Waals surface area (Å²) in [6.07, 6.45) is 0. The molecular weight excluding hydrogens is 301 g/mol. The second kappa shape index (κ2) is 5.97. The van der Waals surface area contributed by atoms with E-state index in [1.54, 1.807) is 6.07 Å². The molecule has 0 spiro atoms. The Morgan fingerprint density at radius 3 is 2.43 bits per heavy atom. The Morgan fingerprint density at radius 1 is 0.857 bits per heavy atom. The van der Waals surface area contributed by atoms with Crippen molar-refractivity contribution in [1.82, 2.24) is 0 Å². The van der Waals surface area contributed by atoms with Crippen LogP contribution < -0.4 is 5.32 Å². The molecule has 1 atom stereocenters. The molecule has 1 unspecified atom stereocenters. The number of benzene rings is 3. The smallest absolute Gasteiger partial charge is 0.0823 e. The van der Waals surface area contributed by atoms with Gasteiger partial charge in [-0.05, 0) is 35.4 Å². The van der Waals surface area contributed by atoms with Crippen LogP contribution in [0.2, 0.25) is 10.0 Å². The Hall–Kier alpha value is -1.70. The summed E-state index contributed by atoms with van der Waals surface area (Å²) in [6, 6.07) is 20.5. The van der Waals surface area contributed by atoms with Crippen LogP contribution in [0.4, 0.5) is 5.69 Å². The van der Waals surface area contributed by atoms with Gasteiger partial charge >= 0.3 is 0 Å². The lowest BCUT2D eigenvalue weighted by atomic mass is 9.99. The minimum absolute atomic E-state index is 0.132. The monoisotopic (exact) mass is 315 g/mol. The van der Waals surface area contributed by atoms with Crippen LogP contribution in [0.25, 0.3) is 10.8 Å². The summed E-state index contributed by atoms with van der Waals surface area (Å²) in [7, 11) is 0. The number of rotatable bonds is 3. The van der Waals surface area contributed by atoms with Gasteiger partial charge in [0.2, 0.25) is 0 Å². The number of hydrogen-bond donors (Lipinski definition) is 1. The van der Waals surface area contributed by atoms with Gasteiger partial charge in [-0.2, -0.15) is 0 Å². The first-order valence-electron chi connectivity index (χ1n) is 6.85. The van der Waals surface area contributed by atoms with E-state index in [0.717, 1.165) is 5.69 Å². The van der Waals surface area contributed by atoms with Gasteiger partial charge in [-0.3, -0.25) is 0 Å². The maximum Gasteiger partial charge on any atom is 0.0823 e. The van der Waals surface area contributed by atoms with E-state index in [-0.39, 0.29) is 6.04 Å². The Balaban J connectivity index is 1.97. The van der Waals surface area contributed by atoms with Crippen molar-refractivity contribution >= 4 is 39.7 Å². The number of halogens is 2. The van der Waals surface area contributed by atoms with Crippen molar-refractivity contribution in [2.45, 2.75) is 13.0 Å². The maximum absolute atomic E-state index is 6.25. The molecule has 0 saturated heterocycles. The summed E-state index contributed by atoms with van der Waals surface area (Å²) >= 11 is 12.3. The fraction of sp³-hybridized carbons (Fsp3) is 0.111. The lowest BCUT2D eigenvalue weighted by Crippen LogP contribution is -2.07. The zero-order chi connectivity index (χ0) is 14.8. The molecule has 0 aromatic heterocycles. The molecule has 0 aliphatic carbocycles. The van der Waals surface area contributed by atoms with Crippen LogP contribution in [-0.2, 0) is 0 Å². The molecule has 3 heteroatoms. The summed E-state index contributed by atoms with van der Waals surface area (Å²) < 4.78 is 0. The maximum atomic E-state index is 6.25. The molecule has 0 saturated carbocycles. The van der Waals surface area contributed by atoms with Crippen molar-refractivity contribution in [3.8, 4) is 0 Å². The van der Waals surface area contributed by atoms with Crippen molar-refractivity contribution in [3.63, 3.8) is 0 Å². The van der Waals surface area contributed by atoms with Gasteiger partial charge in [-0.25, -0.2) is 0 Å². The molecule has 1 N–H and O–H groups in total. The van der Waals surface area contributed by atoms with E-state index in [9.17, 15) is 0 Å². The summed E-state index contributed by atoms with van der Waals surface area (Å²) in [4.78, 5) is 0. The highest BCUT2D eigenvalue weighted by Gasteiger charge is 2.11. The average Bonchev–Trinajstić information content (AvgIpc) is 2.51. The third kappa shape index (κ3) is 2.85. The molecule has 3 rings (SSSR count). The first-order chi connectivity index (χ1) is 10.2. The van der Waals surface area contributed by atoms with E-state index in [0.29, 0.717) is 10.0 Å². The standard InChI is InChI=1S/C18H15Cl2N/c1-12(21-17-11-5-10-16(19)18(17)20)14-9-4-7-13-6-2-3-8-15(13)14/h2-12,21H,1H3. The highest BCUT2D eigenvalue weighted by atomic mass is 35.5. The first-order valence-corrected chi connectivity index (χ1v) is 7.60. The fourth-order valence-corrected chi connectivity index (χ4v) is 2.91. The Kier molecular flexibility index (Phi) is 4.05. The lowest BCUT2D eigenvalue weighted by Gasteiger charge is -2.19. The molecule has 0 amide bonds. The Morgan fingerprint density at radius 2 is 1.57 bits per heavy atom. The van der Waals surface area contributed by atoms with Gasteiger partial charge in [-0.15, -0.1) is 0 Å². The predicted octanol–water partition coefficient (Wildman–Crippen LogP) is 6.32. The van der Waals surface area contributed by atoms with Crippen LogP contribution >= 0.6 is 23.2 Å². The summed E-state index contributed by atoms with van der Waals surface area (Å²) in [5.74, 6) is 0. The largest absolute Gasteiger partial charge is 0.377 e. The molecule has 0 bridgehead atoms. The predicted molar refractivity (Wildman–Crippen MR) is 92.4 cm³/mol. The van der Waals surface area contributed by atoms with Crippen LogP contribution in [0.5, 0.6) is 0 Å². The highest BCUT2D eigenvalue weighted by molar-refractivity contribution is 6.43. The zero-order valence-corrected chi connectivity index (χ0v) is 13.1. The molecule has 0 aliphatic heterocycles. The van der Waals surface area contributed by atoms with E-state index in [1.165, 1.54) is 16.3 Å². The molecule has 3 aromatic rings. The summed E-state index contributed by atoms with van der Waals surface area (Å²) in [5, 5.41) is 7.05. The van der Waals surface area contributed by atoms with E-state index < -0.39 is 0 Å². The minimum atomic E-state index is 0.132. The molecule has 0 fully saturated rings. The van der Waals surface area contributed by atoms with Gasteiger partial charge in [-0.1, -0.05) is 71.7 Å². The van der Waals surface area contributed by atoms with Crippen molar-refractivity contribution in [3.05, 3.63) is 76.3 Å².